The van der Waals surface area contributed by atoms with Crippen LogP contribution in [0.15, 0.2) is 36.4 Å². The topological polar surface area (TPSA) is 131 Å². The molecule has 1 aromatic carbocycles. The van der Waals surface area contributed by atoms with Crippen LogP contribution in [0.4, 0.5) is 0 Å². The van der Waals surface area contributed by atoms with Crippen LogP contribution < -0.4 is 0 Å². The highest BCUT2D eigenvalue weighted by atomic mass is 32.1. The van der Waals surface area contributed by atoms with E-state index in [2.05, 4.69) is 59.4 Å². The van der Waals surface area contributed by atoms with Crippen LogP contribution in [0.5, 0.6) is 0 Å². The van der Waals surface area contributed by atoms with Gasteiger partial charge in [0.05, 0.1) is 54.3 Å². The monoisotopic (exact) mass is 726 g/mol. The number of nitrogens with zero attached hydrogens (tertiary/aromatic N) is 8. The Morgan fingerprint density at radius 1 is 0.673 bits per heavy atom. The molecule has 0 atom stereocenters. The molecule has 49 heavy (non-hydrogen) atoms. The van der Waals surface area contributed by atoms with E-state index in [0.29, 0.717) is 20.9 Å². The molecule has 0 aliphatic carbocycles. The molecule has 8 nitrogen and oxygen atoms in total. The summed E-state index contributed by atoms with van der Waals surface area (Å²) in [5.74, 6) is 0. The van der Waals surface area contributed by atoms with Crippen molar-refractivity contribution in [2.75, 3.05) is 0 Å². The highest BCUT2D eigenvalue weighted by Gasteiger charge is 2.27. The maximum absolute atomic E-state index is 10.0. The van der Waals surface area contributed by atoms with Gasteiger partial charge in [0.15, 0.2) is 0 Å². The number of nitriles is 4. The standard InChI is InChI=1S/C36H22N8S5/c1-3-9-43-25-13-23(11-19(15-37)27-7-5-21(17-39)45-27)47-35(25)29-31-32(42-49-41-31)30-34(33(29)43)44(10-4-2)26-14-24(48-36(26)30)12-20(16-38)28-8-6-22(18-40)46-28/h5-8,11-14H,3-4,9-10H2,1-2H3/b19-11+,20-12+. The molecule has 0 N–H and O–H groups in total. The van der Waals surface area contributed by atoms with Crippen LogP contribution in [0.3, 0.4) is 0 Å². The first-order valence-electron chi connectivity index (χ1n) is 15.4. The first-order valence-corrected chi connectivity index (χ1v) is 19.4. The van der Waals surface area contributed by atoms with Gasteiger partial charge in [0.25, 0.3) is 0 Å². The second-order valence-electron chi connectivity index (χ2n) is 11.3. The number of rotatable bonds is 8. The average molecular weight is 727 g/mol. The molecule has 0 unspecified atom stereocenters. The molecule has 7 heterocycles. The number of hydrogen-bond donors (Lipinski definition) is 0. The SMILES string of the molecule is CCCn1c2cc(/C=C(\C#N)c3ccc(C#N)s3)sc2c2c3nsnc3c3c4sc(/C=C(\C#N)c5ccc(C#N)s5)cc4n(CCC)c3c21. The maximum atomic E-state index is 10.0. The number of allylic oxidation sites excluding steroid dienone is 2. The van der Waals surface area contributed by atoms with Gasteiger partial charge in [-0.25, -0.2) is 0 Å². The first-order chi connectivity index (χ1) is 24.0. The van der Waals surface area contributed by atoms with Gasteiger partial charge in [0.2, 0.25) is 0 Å². The predicted octanol–water partition coefficient (Wildman–Crippen LogP) is 10.8. The summed E-state index contributed by atoms with van der Waals surface area (Å²) in [6.07, 6.45) is 5.73. The van der Waals surface area contributed by atoms with Crippen LogP contribution >= 0.6 is 57.1 Å². The molecule has 0 radical (unpaired) electrons. The van der Waals surface area contributed by atoms with Crippen molar-refractivity contribution in [2.24, 2.45) is 0 Å². The van der Waals surface area contributed by atoms with Crippen LogP contribution in [-0.2, 0) is 13.1 Å². The third kappa shape index (κ3) is 4.90. The fraction of sp³-hybridized carbons (Fsp3) is 0.167. The minimum Gasteiger partial charge on any atom is -0.338 e. The molecule has 8 rings (SSSR count). The van der Waals surface area contributed by atoms with Crippen LogP contribution in [0.25, 0.3) is 76.6 Å². The Labute approximate surface area is 300 Å². The zero-order valence-corrected chi connectivity index (χ0v) is 30.1. The number of aromatic nitrogens is 4. The zero-order chi connectivity index (χ0) is 33.8. The van der Waals surface area contributed by atoms with Crippen molar-refractivity contribution in [3.8, 4) is 24.3 Å². The van der Waals surface area contributed by atoms with Gasteiger partial charge in [-0.2, -0.15) is 29.8 Å². The Hall–Kier alpha value is -5.12. The Morgan fingerprint density at radius 2 is 1.12 bits per heavy atom. The van der Waals surface area contributed by atoms with Crippen molar-refractivity contribution < 1.29 is 0 Å². The Morgan fingerprint density at radius 3 is 1.49 bits per heavy atom. The number of thiophene rings is 4. The summed E-state index contributed by atoms with van der Waals surface area (Å²) in [6.45, 7) is 6.00. The lowest BCUT2D eigenvalue weighted by Gasteiger charge is -2.11. The van der Waals surface area contributed by atoms with Gasteiger partial charge in [0.1, 0.15) is 45.1 Å². The summed E-state index contributed by atoms with van der Waals surface area (Å²) in [6, 6.07) is 20.5. The Balaban J connectivity index is 1.40. The molecule has 8 aromatic rings. The second kappa shape index (κ2) is 12.4. The molecule has 0 amide bonds. The van der Waals surface area contributed by atoms with E-state index in [-0.39, 0.29) is 0 Å². The van der Waals surface area contributed by atoms with Gasteiger partial charge in [-0.05, 0) is 61.4 Å². The summed E-state index contributed by atoms with van der Waals surface area (Å²) >= 11 is 7.18. The molecule has 13 heteroatoms. The second-order valence-corrected chi connectivity index (χ2v) is 16.2. The van der Waals surface area contributed by atoms with E-state index in [1.165, 1.54) is 34.4 Å². The number of aryl methyl sites for hydroxylation is 2. The van der Waals surface area contributed by atoms with Crippen molar-refractivity contribution in [3.63, 3.8) is 0 Å². The van der Waals surface area contributed by atoms with Crippen molar-refractivity contribution >= 4 is 134 Å². The lowest BCUT2D eigenvalue weighted by atomic mass is 10.1. The lowest BCUT2D eigenvalue weighted by molar-refractivity contribution is 0.711. The van der Waals surface area contributed by atoms with E-state index in [4.69, 9.17) is 8.75 Å². The van der Waals surface area contributed by atoms with E-state index in [1.54, 1.807) is 34.8 Å². The summed E-state index contributed by atoms with van der Waals surface area (Å²) in [4.78, 5) is 4.66. The van der Waals surface area contributed by atoms with Gasteiger partial charge in [-0.15, -0.1) is 45.3 Å². The van der Waals surface area contributed by atoms with E-state index in [0.717, 1.165) is 98.7 Å². The van der Waals surface area contributed by atoms with E-state index < -0.39 is 0 Å². The van der Waals surface area contributed by atoms with Crippen molar-refractivity contribution in [2.45, 2.75) is 39.8 Å². The molecule has 0 spiro atoms. The third-order valence-electron chi connectivity index (χ3n) is 8.37. The van der Waals surface area contributed by atoms with Crippen molar-refractivity contribution in [3.05, 3.63) is 65.7 Å². The Bertz CT molecular complexity index is 2670. The molecule has 0 saturated carbocycles. The number of fused-ring (bicyclic) bond motifs is 10. The highest BCUT2D eigenvalue weighted by molar-refractivity contribution is 7.22. The largest absolute Gasteiger partial charge is 0.338 e. The molecule has 236 valence electrons. The van der Waals surface area contributed by atoms with Gasteiger partial charge >= 0.3 is 0 Å². The normalized spacial score (nSPS) is 12.4. The minimum atomic E-state index is 0.538. The summed E-state index contributed by atoms with van der Waals surface area (Å²) in [5.41, 5.74) is 7.36. The molecule has 0 bridgehead atoms. The Kier molecular flexibility index (Phi) is 7.89. The lowest BCUT2D eigenvalue weighted by Crippen LogP contribution is -2.01. The minimum absolute atomic E-state index is 0.538. The number of benzene rings is 1. The van der Waals surface area contributed by atoms with Crippen LogP contribution in [0.1, 0.15) is 56.0 Å². The smallest absolute Gasteiger partial charge is 0.116 e. The third-order valence-corrected chi connectivity index (χ3v) is 13.1. The predicted molar refractivity (Wildman–Crippen MR) is 205 cm³/mol. The van der Waals surface area contributed by atoms with Crippen molar-refractivity contribution in [1.82, 2.24) is 17.9 Å². The van der Waals surface area contributed by atoms with E-state index in [9.17, 15) is 21.0 Å². The average Bonchev–Trinajstić information content (AvgIpc) is 3.96. The maximum Gasteiger partial charge on any atom is 0.116 e. The summed E-state index contributed by atoms with van der Waals surface area (Å²) in [7, 11) is 0. The number of hydrogen-bond acceptors (Lipinski definition) is 11. The summed E-state index contributed by atoms with van der Waals surface area (Å²) < 4.78 is 16.9. The molecule has 0 aliphatic rings. The highest BCUT2D eigenvalue weighted by Crippen LogP contribution is 2.48. The van der Waals surface area contributed by atoms with Gasteiger partial charge < -0.3 is 9.13 Å². The van der Waals surface area contributed by atoms with E-state index >= 15 is 0 Å². The molecule has 0 saturated heterocycles. The molecule has 0 fully saturated rings. The van der Waals surface area contributed by atoms with Gasteiger partial charge in [0, 0.05) is 43.4 Å². The quantitative estimate of drug-likeness (QED) is 0.143. The molecular weight excluding hydrogens is 705 g/mol. The van der Waals surface area contributed by atoms with Crippen LogP contribution in [-0.4, -0.2) is 17.9 Å². The molecular formula is C36H22N8S5. The zero-order valence-electron chi connectivity index (χ0n) is 26.1. The molecule has 0 aliphatic heterocycles. The van der Waals surface area contributed by atoms with Gasteiger partial charge in [-0.1, -0.05) is 13.8 Å². The van der Waals surface area contributed by atoms with E-state index in [1.807, 2.05) is 24.3 Å². The fourth-order valence-electron chi connectivity index (χ4n) is 6.47. The fourth-order valence-corrected chi connectivity index (χ4v) is 10.9. The van der Waals surface area contributed by atoms with Crippen LogP contribution in [0.2, 0.25) is 0 Å². The molecule has 7 aromatic heterocycles. The van der Waals surface area contributed by atoms with Gasteiger partial charge in [-0.3, -0.25) is 0 Å². The summed E-state index contributed by atoms with van der Waals surface area (Å²) in [5, 5.41) is 40.8. The first kappa shape index (κ1) is 31.2. The van der Waals surface area contributed by atoms with Crippen molar-refractivity contribution in [1.29, 1.82) is 21.0 Å². The van der Waals surface area contributed by atoms with Crippen LogP contribution in [0, 0.1) is 45.3 Å².